The number of hydrogen-bond donors (Lipinski definition) is 2. The van der Waals surface area contributed by atoms with E-state index < -0.39 is 5.97 Å². The minimum absolute atomic E-state index is 0.0444. The second kappa shape index (κ2) is 4.11. The Morgan fingerprint density at radius 3 is 3.00 bits per heavy atom. The zero-order valence-electron chi connectivity index (χ0n) is 8.20. The molecule has 2 heterocycles. The van der Waals surface area contributed by atoms with Crippen molar-refractivity contribution in [2.24, 2.45) is 5.73 Å². The number of nitrogens with two attached hydrogens (primary N) is 1. The summed E-state index contributed by atoms with van der Waals surface area (Å²) in [6.07, 6.45) is 1.49. The Morgan fingerprint density at radius 2 is 2.44 bits per heavy atom. The first-order valence-corrected chi connectivity index (χ1v) is 4.47. The van der Waals surface area contributed by atoms with E-state index in [0.29, 0.717) is 11.5 Å². The molecule has 0 bridgehead atoms. The van der Waals surface area contributed by atoms with Gasteiger partial charge in [0.15, 0.2) is 11.5 Å². The molecule has 0 unspecified atom stereocenters. The lowest BCUT2D eigenvalue weighted by Crippen LogP contribution is -2.12. The van der Waals surface area contributed by atoms with Crippen molar-refractivity contribution in [3.05, 3.63) is 29.4 Å². The molecule has 0 aromatic carbocycles. The SMILES string of the molecule is NCc1c(C(=O)O)nnn1Cc1ccno1. The zero-order valence-corrected chi connectivity index (χ0v) is 8.20. The molecule has 0 spiro atoms. The number of rotatable bonds is 4. The number of carbonyl (C=O) groups is 1. The lowest BCUT2D eigenvalue weighted by molar-refractivity contribution is 0.0689. The first-order chi connectivity index (χ1) is 7.72. The fraction of sp³-hybridized carbons (Fsp3) is 0.250. The molecule has 0 fully saturated rings. The Kier molecular flexibility index (Phi) is 2.64. The molecule has 16 heavy (non-hydrogen) atoms. The average molecular weight is 223 g/mol. The van der Waals surface area contributed by atoms with Gasteiger partial charge in [0.05, 0.1) is 11.9 Å². The zero-order chi connectivity index (χ0) is 11.5. The average Bonchev–Trinajstić information content (AvgIpc) is 2.87. The number of nitrogens with zero attached hydrogens (tertiary/aromatic N) is 4. The van der Waals surface area contributed by atoms with Crippen LogP contribution in [0.5, 0.6) is 0 Å². The molecule has 0 radical (unpaired) electrons. The number of carboxylic acids is 1. The summed E-state index contributed by atoms with van der Waals surface area (Å²) in [6, 6.07) is 1.66. The van der Waals surface area contributed by atoms with E-state index in [9.17, 15) is 4.79 Å². The second-order valence-electron chi connectivity index (χ2n) is 3.03. The summed E-state index contributed by atoms with van der Waals surface area (Å²) in [5, 5.41) is 19.6. The third kappa shape index (κ3) is 1.77. The van der Waals surface area contributed by atoms with Crippen molar-refractivity contribution in [3.63, 3.8) is 0 Å². The molecule has 0 saturated heterocycles. The van der Waals surface area contributed by atoms with Gasteiger partial charge < -0.3 is 15.4 Å². The van der Waals surface area contributed by atoms with Crippen LogP contribution < -0.4 is 5.73 Å². The number of aromatic carboxylic acids is 1. The van der Waals surface area contributed by atoms with E-state index in [4.69, 9.17) is 15.4 Å². The fourth-order valence-corrected chi connectivity index (χ4v) is 1.30. The molecule has 84 valence electrons. The second-order valence-corrected chi connectivity index (χ2v) is 3.03. The van der Waals surface area contributed by atoms with Crippen molar-refractivity contribution in [1.82, 2.24) is 20.2 Å². The van der Waals surface area contributed by atoms with Gasteiger partial charge >= 0.3 is 5.97 Å². The van der Waals surface area contributed by atoms with Gasteiger partial charge in [-0.05, 0) is 0 Å². The van der Waals surface area contributed by atoms with Crippen molar-refractivity contribution in [2.75, 3.05) is 0 Å². The van der Waals surface area contributed by atoms with E-state index in [1.165, 1.54) is 10.9 Å². The van der Waals surface area contributed by atoms with Crippen LogP contribution in [0.25, 0.3) is 0 Å². The van der Waals surface area contributed by atoms with Gasteiger partial charge in [0.25, 0.3) is 0 Å². The Hall–Kier alpha value is -2.22. The van der Waals surface area contributed by atoms with Crippen LogP contribution in [-0.2, 0) is 13.1 Å². The molecule has 2 aromatic heterocycles. The Bertz CT molecular complexity index is 490. The van der Waals surface area contributed by atoms with Gasteiger partial charge in [0, 0.05) is 12.6 Å². The lowest BCUT2D eigenvalue weighted by atomic mass is 10.3. The van der Waals surface area contributed by atoms with E-state index in [2.05, 4.69) is 15.5 Å². The largest absolute Gasteiger partial charge is 0.476 e. The summed E-state index contributed by atoms with van der Waals surface area (Å²) in [4.78, 5) is 10.8. The topological polar surface area (TPSA) is 120 Å². The van der Waals surface area contributed by atoms with E-state index in [1.807, 2.05) is 0 Å². The van der Waals surface area contributed by atoms with E-state index >= 15 is 0 Å². The van der Waals surface area contributed by atoms with Crippen LogP contribution >= 0.6 is 0 Å². The highest BCUT2D eigenvalue weighted by Crippen LogP contribution is 2.07. The molecule has 2 aromatic rings. The van der Waals surface area contributed by atoms with Gasteiger partial charge in [-0.2, -0.15) is 0 Å². The van der Waals surface area contributed by atoms with Crippen molar-refractivity contribution in [1.29, 1.82) is 0 Å². The van der Waals surface area contributed by atoms with Crippen molar-refractivity contribution in [3.8, 4) is 0 Å². The van der Waals surface area contributed by atoms with E-state index in [-0.39, 0.29) is 18.8 Å². The van der Waals surface area contributed by atoms with Crippen LogP contribution in [0.4, 0.5) is 0 Å². The van der Waals surface area contributed by atoms with Gasteiger partial charge in [-0.15, -0.1) is 5.10 Å². The van der Waals surface area contributed by atoms with Crippen molar-refractivity contribution >= 4 is 5.97 Å². The molecular formula is C8H9N5O3. The van der Waals surface area contributed by atoms with Gasteiger partial charge in [-0.3, -0.25) is 0 Å². The fourth-order valence-electron chi connectivity index (χ4n) is 1.30. The molecule has 8 heteroatoms. The molecule has 0 aliphatic rings. The van der Waals surface area contributed by atoms with Gasteiger partial charge in [-0.25, -0.2) is 9.48 Å². The van der Waals surface area contributed by atoms with Crippen LogP contribution in [-0.4, -0.2) is 31.2 Å². The lowest BCUT2D eigenvalue weighted by Gasteiger charge is -2.01. The maximum atomic E-state index is 10.8. The molecule has 2 rings (SSSR count). The van der Waals surface area contributed by atoms with E-state index in [0.717, 1.165) is 0 Å². The minimum Gasteiger partial charge on any atom is -0.476 e. The van der Waals surface area contributed by atoms with Gasteiger partial charge in [-0.1, -0.05) is 10.4 Å². The van der Waals surface area contributed by atoms with Crippen molar-refractivity contribution in [2.45, 2.75) is 13.1 Å². The van der Waals surface area contributed by atoms with E-state index in [1.54, 1.807) is 6.07 Å². The molecule has 0 atom stereocenters. The highest BCUT2D eigenvalue weighted by atomic mass is 16.5. The van der Waals surface area contributed by atoms with Crippen LogP contribution in [0.15, 0.2) is 16.8 Å². The first kappa shape index (κ1) is 10.3. The van der Waals surface area contributed by atoms with Crippen LogP contribution in [0, 0.1) is 0 Å². The van der Waals surface area contributed by atoms with Gasteiger partial charge in [0.2, 0.25) is 0 Å². The highest BCUT2D eigenvalue weighted by molar-refractivity contribution is 5.86. The van der Waals surface area contributed by atoms with Crippen LogP contribution in [0.1, 0.15) is 21.9 Å². The smallest absolute Gasteiger partial charge is 0.358 e. The number of hydrogen-bond acceptors (Lipinski definition) is 6. The predicted molar refractivity (Wildman–Crippen MR) is 50.5 cm³/mol. The van der Waals surface area contributed by atoms with Gasteiger partial charge in [0.1, 0.15) is 6.54 Å². The quantitative estimate of drug-likeness (QED) is 0.714. The molecular weight excluding hydrogens is 214 g/mol. The standard InChI is InChI=1S/C8H9N5O3/c9-3-6-7(8(14)15)11-12-13(6)4-5-1-2-10-16-5/h1-2H,3-4,9H2,(H,14,15). The molecule has 0 aliphatic heterocycles. The monoisotopic (exact) mass is 223 g/mol. The summed E-state index contributed by atoms with van der Waals surface area (Å²) < 4.78 is 6.26. The summed E-state index contributed by atoms with van der Waals surface area (Å²) in [5.41, 5.74) is 5.67. The van der Waals surface area contributed by atoms with Crippen LogP contribution in [0.3, 0.4) is 0 Å². The summed E-state index contributed by atoms with van der Waals surface area (Å²) >= 11 is 0. The normalized spacial score (nSPS) is 10.6. The molecule has 3 N–H and O–H groups in total. The summed E-state index contributed by atoms with van der Waals surface area (Å²) in [5.74, 6) is -0.596. The first-order valence-electron chi connectivity index (χ1n) is 4.47. The third-order valence-electron chi connectivity index (χ3n) is 2.03. The Morgan fingerprint density at radius 1 is 1.62 bits per heavy atom. The number of aromatic nitrogens is 4. The minimum atomic E-state index is -1.15. The maximum Gasteiger partial charge on any atom is 0.358 e. The number of carboxylic acid groups (broad SMARTS) is 1. The highest BCUT2D eigenvalue weighted by Gasteiger charge is 2.18. The maximum absolute atomic E-state index is 10.8. The van der Waals surface area contributed by atoms with Crippen molar-refractivity contribution < 1.29 is 14.4 Å². The predicted octanol–water partition coefficient (Wildman–Crippen LogP) is -0.529. The Balaban J connectivity index is 2.31. The molecule has 0 aliphatic carbocycles. The summed E-state index contributed by atoms with van der Waals surface area (Å²) in [7, 11) is 0. The van der Waals surface area contributed by atoms with Crippen LogP contribution in [0.2, 0.25) is 0 Å². The summed E-state index contributed by atoms with van der Waals surface area (Å²) in [6.45, 7) is 0.301. The molecule has 8 nitrogen and oxygen atoms in total. The third-order valence-corrected chi connectivity index (χ3v) is 2.03. The molecule has 0 saturated carbocycles. The molecule has 0 amide bonds. The Labute approximate surface area is 89.6 Å².